The van der Waals surface area contributed by atoms with Crippen LogP contribution in [0.2, 0.25) is 0 Å². The fourth-order valence-electron chi connectivity index (χ4n) is 3.19. The second-order valence-corrected chi connectivity index (χ2v) is 6.15. The highest BCUT2D eigenvalue weighted by molar-refractivity contribution is 5.85. The Kier molecular flexibility index (Phi) is 4.51. The number of nitrogens with zero attached hydrogens (tertiary/aromatic N) is 2. The maximum atomic E-state index is 6.39. The van der Waals surface area contributed by atoms with Crippen molar-refractivity contribution in [1.29, 1.82) is 0 Å². The van der Waals surface area contributed by atoms with E-state index >= 15 is 0 Å². The predicted molar refractivity (Wildman–Crippen MR) is 92.2 cm³/mol. The first-order chi connectivity index (χ1) is 11.2. The monoisotopic (exact) mass is 349 g/mol. The van der Waals surface area contributed by atoms with Crippen LogP contribution in [0.15, 0.2) is 22.7 Å². The summed E-state index contributed by atoms with van der Waals surface area (Å²) in [5.41, 5.74) is 7.73. The number of fused-ring (bicyclic) bond motifs is 1. The van der Waals surface area contributed by atoms with Gasteiger partial charge in [-0.25, -0.2) is 0 Å². The summed E-state index contributed by atoms with van der Waals surface area (Å²) < 4.78 is 16.5. The van der Waals surface area contributed by atoms with Gasteiger partial charge in [-0.2, -0.15) is 4.98 Å². The van der Waals surface area contributed by atoms with Gasteiger partial charge in [0.2, 0.25) is 0 Å². The van der Waals surface area contributed by atoms with Crippen LogP contribution in [0.25, 0.3) is 11.6 Å². The normalized spacial score (nSPS) is 18.2. The van der Waals surface area contributed by atoms with E-state index in [0.717, 1.165) is 48.3 Å². The van der Waals surface area contributed by atoms with Gasteiger partial charge < -0.3 is 19.7 Å². The molecule has 0 amide bonds. The van der Waals surface area contributed by atoms with E-state index in [1.54, 1.807) is 7.11 Å². The van der Waals surface area contributed by atoms with E-state index in [9.17, 15) is 0 Å². The first-order valence-electron chi connectivity index (χ1n) is 7.83. The number of hydrogen-bond acceptors (Lipinski definition) is 6. The summed E-state index contributed by atoms with van der Waals surface area (Å²) in [4.78, 5) is 4.52. The van der Waals surface area contributed by atoms with Crippen LogP contribution in [0.4, 0.5) is 0 Å². The summed E-state index contributed by atoms with van der Waals surface area (Å²) in [7, 11) is 1.64. The summed E-state index contributed by atoms with van der Waals surface area (Å²) in [6, 6.07) is 5.70. The number of benzene rings is 1. The number of ether oxygens (including phenoxy) is 2. The van der Waals surface area contributed by atoms with Gasteiger partial charge in [0.05, 0.1) is 18.2 Å². The Morgan fingerprint density at radius 3 is 2.79 bits per heavy atom. The third kappa shape index (κ3) is 2.87. The second kappa shape index (κ2) is 6.45. The van der Waals surface area contributed by atoms with Crippen LogP contribution in [0.3, 0.4) is 0 Å². The molecule has 0 radical (unpaired) electrons. The molecule has 1 saturated carbocycles. The molecule has 1 aromatic heterocycles. The number of hydrogen-bond donors (Lipinski definition) is 1. The van der Waals surface area contributed by atoms with E-state index in [-0.39, 0.29) is 12.4 Å². The molecule has 1 fully saturated rings. The van der Waals surface area contributed by atoms with Gasteiger partial charge in [-0.15, -0.1) is 12.4 Å². The van der Waals surface area contributed by atoms with Crippen molar-refractivity contribution in [2.75, 3.05) is 13.7 Å². The van der Waals surface area contributed by atoms with Crippen molar-refractivity contribution in [3.05, 3.63) is 35.5 Å². The van der Waals surface area contributed by atoms with Crippen LogP contribution in [-0.4, -0.2) is 23.9 Å². The molecule has 2 heterocycles. The maximum absolute atomic E-state index is 6.39. The Morgan fingerprint density at radius 1 is 1.25 bits per heavy atom. The van der Waals surface area contributed by atoms with E-state index in [0.29, 0.717) is 18.3 Å². The van der Waals surface area contributed by atoms with Crippen molar-refractivity contribution < 1.29 is 14.0 Å². The largest absolute Gasteiger partial charge is 0.497 e. The van der Waals surface area contributed by atoms with E-state index in [1.807, 2.05) is 24.3 Å². The number of nitrogens with two attached hydrogens (primary N) is 1. The van der Waals surface area contributed by atoms with Crippen LogP contribution in [0.1, 0.15) is 43.0 Å². The molecular weight excluding hydrogens is 330 g/mol. The predicted octanol–water partition coefficient (Wildman–Crippen LogP) is 3.16. The highest BCUT2D eigenvalue weighted by Crippen LogP contribution is 2.36. The van der Waals surface area contributed by atoms with Crippen LogP contribution < -0.4 is 15.2 Å². The van der Waals surface area contributed by atoms with Gasteiger partial charge in [0, 0.05) is 5.56 Å². The molecule has 128 valence electrons. The number of aromatic nitrogens is 2. The van der Waals surface area contributed by atoms with Crippen molar-refractivity contribution in [3.63, 3.8) is 0 Å². The molecule has 0 bridgehead atoms. The minimum absolute atomic E-state index is 0. The summed E-state index contributed by atoms with van der Waals surface area (Å²) in [5, 5.41) is 4.10. The lowest BCUT2D eigenvalue weighted by Crippen LogP contribution is -2.34. The van der Waals surface area contributed by atoms with E-state index < -0.39 is 5.54 Å². The molecule has 6 nitrogen and oxygen atoms in total. The molecule has 2 aliphatic rings. The van der Waals surface area contributed by atoms with Gasteiger partial charge in [-0.05, 0) is 37.1 Å². The zero-order valence-corrected chi connectivity index (χ0v) is 14.3. The Morgan fingerprint density at radius 2 is 2.04 bits per heavy atom. The molecule has 1 aromatic carbocycles. The lowest BCUT2D eigenvalue weighted by Gasteiger charge is -2.18. The van der Waals surface area contributed by atoms with Crippen molar-refractivity contribution in [2.45, 2.75) is 31.2 Å². The molecule has 4 rings (SSSR count). The van der Waals surface area contributed by atoms with Gasteiger partial charge in [0.25, 0.3) is 5.89 Å². The number of rotatable bonds is 3. The van der Waals surface area contributed by atoms with Crippen LogP contribution in [-0.2, 0) is 5.54 Å². The molecule has 0 unspecified atom stereocenters. The molecule has 2 N–H and O–H groups in total. The maximum Gasteiger partial charge on any atom is 0.257 e. The molecule has 7 heteroatoms. The zero-order valence-electron chi connectivity index (χ0n) is 13.4. The number of methoxy groups -OCH3 is 1. The minimum Gasteiger partial charge on any atom is -0.497 e. The molecule has 0 saturated heterocycles. The molecule has 24 heavy (non-hydrogen) atoms. The fraction of sp³-hybridized carbons (Fsp3) is 0.412. The van der Waals surface area contributed by atoms with Crippen molar-refractivity contribution in [3.8, 4) is 11.5 Å². The summed E-state index contributed by atoms with van der Waals surface area (Å²) in [5.74, 6) is 2.68. The third-order valence-electron chi connectivity index (χ3n) is 4.57. The average molecular weight is 350 g/mol. The Hall–Kier alpha value is -2.05. The highest BCUT2D eigenvalue weighted by Gasteiger charge is 2.36. The minimum atomic E-state index is -0.445. The van der Waals surface area contributed by atoms with Gasteiger partial charge in [-0.3, -0.25) is 0 Å². The van der Waals surface area contributed by atoms with E-state index in [4.69, 9.17) is 19.7 Å². The van der Waals surface area contributed by atoms with Gasteiger partial charge >= 0.3 is 0 Å². The molecular formula is C17H20ClN3O3. The van der Waals surface area contributed by atoms with Crippen LogP contribution in [0.5, 0.6) is 11.5 Å². The molecule has 0 spiro atoms. The molecule has 0 atom stereocenters. The molecule has 1 aliphatic carbocycles. The fourth-order valence-corrected chi connectivity index (χ4v) is 3.19. The van der Waals surface area contributed by atoms with Crippen LogP contribution in [0, 0.1) is 0 Å². The average Bonchev–Trinajstić information content (AvgIpc) is 3.24. The first-order valence-corrected chi connectivity index (χ1v) is 7.83. The zero-order chi connectivity index (χ0) is 15.9. The van der Waals surface area contributed by atoms with Crippen molar-refractivity contribution >= 4 is 24.1 Å². The Balaban J connectivity index is 0.00000169. The molecule has 2 aromatic rings. The number of halogens is 1. The van der Waals surface area contributed by atoms with Gasteiger partial charge in [0.15, 0.2) is 5.82 Å². The van der Waals surface area contributed by atoms with Crippen LogP contribution >= 0.6 is 12.4 Å². The summed E-state index contributed by atoms with van der Waals surface area (Å²) in [6.07, 6.45) is 6.03. The summed E-state index contributed by atoms with van der Waals surface area (Å²) in [6.45, 7) is 0.401. The second-order valence-electron chi connectivity index (χ2n) is 6.15. The van der Waals surface area contributed by atoms with Crippen molar-refractivity contribution in [2.24, 2.45) is 5.73 Å². The Bertz CT molecular complexity index is 766. The van der Waals surface area contributed by atoms with E-state index in [2.05, 4.69) is 10.1 Å². The standard InChI is InChI=1S/C17H19N3O3.ClH/c1-21-13-4-5-14-11(9-13)8-12(10-22-14)15-19-16(20-23-15)17(18)6-2-3-7-17;/h4-5,8-9H,2-3,6-7,10,18H2,1H3;1H. The van der Waals surface area contributed by atoms with E-state index in [1.165, 1.54) is 0 Å². The SMILES string of the molecule is COc1ccc2c(c1)C=C(c1nc(C3(N)CCCC3)no1)CO2.Cl. The third-order valence-corrected chi connectivity index (χ3v) is 4.57. The van der Waals surface area contributed by atoms with Gasteiger partial charge in [-0.1, -0.05) is 18.0 Å². The van der Waals surface area contributed by atoms with Crippen molar-refractivity contribution in [1.82, 2.24) is 10.1 Å². The van der Waals surface area contributed by atoms with Gasteiger partial charge in [0.1, 0.15) is 18.1 Å². The quantitative estimate of drug-likeness (QED) is 0.916. The summed E-state index contributed by atoms with van der Waals surface area (Å²) >= 11 is 0. The topological polar surface area (TPSA) is 83.4 Å². The lowest BCUT2D eigenvalue weighted by atomic mass is 9.98. The smallest absolute Gasteiger partial charge is 0.257 e. The first kappa shape index (κ1) is 16.8. The molecule has 1 aliphatic heterocycles. The lowest BCUT2D eigenvalue weighted by molar-refractivity contribution is 0.343. The Labute approximate surface area is 146 Å². The highest BCUT2D eigenvalue weighted by atomic mass is 35.5.